The fraction of sp³-hybridized carbons (Fsp3) is 0.136. The third-order valence-corrected chi connectivity index (χ3v) is 32.0. The van der Waals surface area contributed by atoms with Gasteiger partial charge in [0.05, 0.1) is 0 Å². The molecule has 6 aliphatic rings. The van der Waals surface area contributed by atoms with E-state index >= 15 is 0 Å². The van der Waals surface area contributed by atoms with Crippen LogP contribution in [0.4, 0.5) is 0 Å². The fourth-order valence-electron chi connectivity index (χ4n) is 24.8. The third-order valence-electron chi connectivity index (χ3n) is 32.0. The molecule has 0 fully saturated rings. The molecule has 0 spiro atoms. The topological polar surface area (TPSA) is 0 Å². The molecule has 132 heavy (non-hydrogen) atoms. The molecule has 0 atom stereocenters. The molecule has 0 radical (unpaired) electrons. The van der Waals surface area contributed by atoms with Crippen LogP contribution >= 0.6 is 0 Å². The lowest BCUT2D eigenvalue weighted by atomic mass is 9.73. The highest BCUT2D eigenvalue weighted by Crippen LogP contribution is 2.61. The van der Waals surface area contributed by atoms with Crippen LogP contribution in [0.2, 0.25) is 0 Å². The van der Waals surface area contributed by atoms with Gasteiger partial charge >= 0.3 is 0 Å². The van der Waals surface area contributed by atoms with Gasteiger partial charge < -0.3 is 0 Å². The quantitative estimate of drug-likeness (QED) is 0.114. The van der Waals surface area contributed by atoms with Gasteiger partial charge in [0.15, 0.2) is 0 Å². The van der Waals surface area contributed by atoms with Gasteiger partial charge in [-0.2, -0.15) is 0 Å². The van der Waals surface area contributed by atoms with Crippen LogP contribution in [-0.2, 0) is 32.5 Å². The Kier molecular flexibility index (Phi) is 17.3. The number of benzene rings is 19. The molecular weight excluding hydrogens is 1590 g/mol. The summed E-state index contributed by atoms with van der Waals surface area (Å²) >= 11 is 0. The summed E-state index contributed by atoms with van der Waals surface area (Å²) in [6.07, 6.45) is 0. The molecule has 0 nitrogen and oxygen atoms in total. The zero-order valence-electron chi connectivity index (χ0n) is 77.1. The lowest BCUT2D eigenvalue weighted by molar-refractivity contribution is 0.660. The zero-order valence-corrected chi connectivity index (χ0v) is 77.1. The predicted molar refractivity (Wildman–Crippen MR) is 557 cm³/mol. The van der Waals surface area contributed by atoms with E-state index in [0.717, 1.165) is 66.8 Å². The first-order valence-electron chi connectivity index (χ1n) is 47.3. The van der Waals surface area contributed by atoms with Crippen molar-refractivity contribution in [2.45, 2.75) is 116 Å². The molecule has 0 aliphatic heterocycles. The third kappa shape index (κ3) is 11.8. The Morgan fingerprint density at radius 1 is 0.0985 bits per heavy atom. The van der Waals surface area contributed by atoms with Gasteiger partial charge in [0.2, 0.25) is 0 Å². The largest absolute Gasteiger partial charge is 0.0619 e. The monoisotopic (exact) mass is 1690 g/mol. The first-order chi connectivity index (χ1) is 64.0. The Hall–Kier alpha value is -14.8. The van der Waals surface area contributed by atoms with Gasteiger partial charge in [0, 0.05) is 32.5 Å². The molecule has 0 unspecified atom stereocenters. The van der Waals surface area contributed by atoms with E-state index in [0.29, 0.717) is 0 Å². The summed E-state index contributed by atoms with van der Waals surface area (Å²) in [5.74, 6) is 0. The standard InChI is InChI=1S/C132H102/c1-127(2)109-31-19-13-25-97(109)103-67-61-91(73-115(103)127)79-37-49-85(50-38-79)121-122(86-51-39-80(40-52-86)92-62-68-104-98-26-14-20-32-110(98)128(3,4)116(104)74-92)124(88-55-43-82(44-56-88)94-64-70-106-100-28-16-22-34-112(100)130(7,8)118(106)76-94)126(90-59-47-84(48-60-90)96-66-72-108-102-30-18-24-36-114(102)132(11,12)120(108)78-96)125(89-57-45-83(46-58-89)95-65-71-107-101-29-17-23-35-113(101)131(9,10)119(107)77-95)123(121)87-53-41-81(42-54-87)93-63-69-105-99-27-15-21-33-111(99)129(5,6)117(105)75-93/h13-78H,1-12H3. The highest BCUT2D eigenvalue weighted by Gasteiger charge is 2.43. The molecule has 0 heterocycles. The molecule has 0 N–H and O–H groups in total. The van der Waals surface area contributed by atoms with Crippen LogP contribution in [0.5, 0.6) is 0 Å². The summed E-state index contributed by atoms with van der Waals surface area (Å²) in [7, 11) is 0. The van der Waals surface area contributed by atoms with Gasteiger partial charge in [-0.05, 0) is 303 Å². The molecule has 6 aliphatic carbocycles. The predicted octanol–water partition coefficient (Wildman–Crippen LogP) is 35.5. The zero-order chi connectivity index (χ0) is 89.4. The van der Waals surface area contributed by atoms with E-state index in [2.05, 4.69) is 483 Å². The maximum atomic E-state index is 2.48. The average molecular weight is 1690 g/mol. The van der Waals surface area contributed by atoms with E-state index in [1.54, 1.807) is 0 Å². The van der Waals surface area contributed by atoms with Crippen LogP contribution in [0.25, 0.3) is 200 Å². The smallest absolute Gasteiger partial charge is 0.0159 e. The van der Waals surface area contributed by atoms with Crippen molar-refractivity contribution in [3.63, 3.8) is 0 Å². The van der Waals surface area contributed by atoms with Gasteiger partial charge in [-0.15, -0.1) is 0 Å². The summed E-state index contributed by atoms with van der Waals surface area (Å²) in [5, 5.41) is 0. The molecule has 25 rings (SSSR count). The van der Waals surface area contributed by atoms with Crippen molar-refractivity contribution in [1.29, 1.82) is 0 Å². The Balaban J connectivity index is 0.767. The molecule has 0 amide bonds. The average Bonchev–Trinajstić information content (AvgIpc) is 1.14. The second kappa shape index (κ2) is 28.8. The van der Waals surface area contributed by atoms with Crippen LogP contribution in [0.3, 0.4) is 0 Å². The second-order valence-corrected chi connectivity index (χ2v) is 41.3. The molecule has 0 aromatic heterocycles. The van der Waals surface area contributed by atoms with Crippen LogP contribution < -0.4 is 0 Å². The first-order valence-corrected chi connectivity index (χ1v) is 47.3. The van der Waals surface area contributed by atoms with E-state index < -0.39 is 0 Å². The minimum absolute atomic E-state index is 0.171. The summed E-state index contributed by atoms with van der Waals surface area (Å²) in [6, 6.07) is 156. The van der Waals surface area contributed by atoms with Crippen molar-refractivity contribution >= 4 is 0 Å². The van der Waals surface area contributed by atoms with E-state index in [1.165, 1.54) is 200 Å². The van der Waals surface area contributed by atoms with Crippen LogP contribution in [0.1, 0.15) is 150 Å². The molecule has 0 heteroatoms. The van der Waals surface area contributed by atoms with E-state index in [1.807, 2.05) is 0 Å². The summed E-state index contributed by atoms with van der Waals surface area (Å²) in [5.41, 5.74) is 59.1. The van der Waals surface area contributed by atoms with Crippen molar-refractivity contribution in [2.24, 2.45) is 0 Å². The Morgan fingerprint density at radius 2 is 0.205 bits per heavy atom. The fourth-order valence-corrected chi connectivity index (χ4v) is 24.8. The molecule has 0 bridgehead atoms. The Bertz CT molecular complexity index is 6830. The normalized spacial score (nSPS) is 15.2. The van der Waals surface area contributed by atoms with Crippen LogP contribution in [-0.4, -0.2) is 0 Å². The number of rotatable bonds is 12. The highest BCUT2D eigenvalue weighted by atomic mass is 14.5. The maximum absolute atomic E-state index is 2.48. The summed E-state index contributed by atoms with van der Waals surface area (Å²) in [4.78, 5) is 0. The summed E-state index contributed by atoms with van der Waals surface area (Å²) < 4.78 is 0. The summed E-state index contributed by atoms with van der Waals surface area (Å²) in [6.45, 7) is 28.7. The van der Waals surface area contributed by atoms with Gasteiger partial charge in [0.1, 0.15) is 0 Å². The molecule has 630 valence electrons. The van der Waals surface area contributed by atoms with Crippen LogP contribution in [0.15, 0.2) is 400 Å². The van der Waals surface area contributed by atoms with Gasteiger partial charge in [0.25, 0.3) is 0 Å². The Labute approximate surface area is 777 Å². The van der Waals surface area contributed by atoms with Crippen molar-refractivity contribution in [1.82, 2.24) is 0 Å². The van der Waals surface area contributed by atoms with Crippen LogP contribution in [0, 0.1) is 0 Å². The maximum Gasteiger partial charge on any atom is 0.0159 e. The van der Waals surface area contributed by atoms with Gasteiger partial charge in [-0.1, -0.05) is 447 Å². The van der Waals surface area contributed by atoms with Gasteiger partial charge in [-0.25, -0.2) is 0 Å². The first kappa shape index (κ1) is 79.4. The number of hydrogen-bond donors (Lipinski definition) is 0. The van der Waals surface area contributed by atoms with E-state index in [4.69, 9.17) is 0 Å². The molecule has 0 saturated carbocycles. The van der Waals surface area contributed by atoms with Crippen molar-refractivity contribution < 1.29 is 0 Å². The molecule has 19 aromatic rings. The van der Waals surface area contributed by atoms with Crippen molar-refractivity contribution in [2.75, 3.05) is 0 Å². The lowest BCUT2D eigenvalue weighted by Crippen LogP contribution is -2.14. The lowest BCUT2D eigenvalue weighted by Gasteiger charge is -2.29. The minimum Gasteiger partial charge on any atom is -0.0619 e. The van der Waals surface area contributed by atoms with Gasteiger partial charge in [-0.3, -0.25) is 0 Å². The second-order valence-electron chi connectivity index (χ2n) is 41.3. The number of hydrogen-bond acceptors (Lipinski definition) is 0. The van der Waals surface area contributed by atoms with Crippen molar-refractivity contribution in [3.8, 4) is 200 Å². The van der Waals surface area contributed by atoms with E-state index in [9.17, 15) is 0 Å². The molecule has 19 aromatic carbocycles. The molecular formula is C132H102. The molecule has 0 saturated heterocycles. The Morgan fingerprint density at radius 3 is 0.341 bits per heavy atom. The minimum atomic E-state index is -0.171. The number of fused-ring (bicyclic) bond motifs is 18. The van der Waals surface area contributed by atoms with Crippen molar-refractivity contribution in [3.05, 3.63) is 467 Å². The van der Waals surface area contributed by atoms with E-state index in [-0.39, 0.29) is 32.5 Å². The highest BCUT2D eigenvalue weighted by molar-refractivity contribution is 6.16. The SMILES string of the molecule is CC1(C)c2ccccc2-c2ccc(-c3ccc(-c4c(-c5ccc(-c6ccc7c(c6)C(C)(C)c6ccccc6-7)cc5)c(-c5ccc(-c6ccc7c(c6)C(C)(C)c6ccccc6-7)cc5)c(-c5ccc(-c6ccc7c(c6)C(C)(C)c6ccccc6-7)cc5)c(-c5ccc(-c6ccc7c(c6)C(C)(C)c6ccccc6-7)cc5)c4-c4ccc(-c5ccc6c(c5)C(C)(C)c5ccccc5-6)cc4)cc3)cc21.